The molecule has 0 rings (SSSR count). The van der Waals surface area contributed by atoms with Gasteiger partial charge in [0.25, 0.3) is 0 Å². The van der Waals surface area contributed by atoms with Crippen molar-refractivity contribution in [2.45, 2.75) is 47.1 Å². The first-order chi connectivity index (χ1) is 6.65. The number of nitrogens with one attached hydrogen (secondary N) is 1. The van der Waals surface area contributed by atoms with Gasteiger partial charge < -0.3 is 10.2 Å². The van der Waals surface area contributed by atoms with E-state index in [1.807, 2.05) is 0 Å². The molecule has 0 fully saturated rings. The van der Waals surface area contributed by atoms with Gasteiger partial charge in [-0.1, -0.05) is 34.6 Å². The van der Waals surface area contributed by atoms with Crippen LogP contribution in [0, 0.1) is 5.92 Å². The zero-order valence-corrected chi connectivity index (χ0v) is 10.6. The van der Waals surface area contributed by atoms with Crippen LogP contribution < -0.4 is 5.32 Å². The highest BCUT2D eigenvalue weighted by atomic mass is 15.1. The molecule has 0 aliphatic heterocycles. The lowest BCUT2D eigenvalue weighted by atomic mass is 10.0. The van der Waals surface area contributed by atoms with Gasteiger partial charge in [-0.15, -0.1) is 0 Å². The van der Waals surface area contributed by atoms with Gasteiger partial charge in [-0.25, -0.2) is 0 Å². The summed E-state index contributed by atoms with van der Waals surface area (Å²) in [6.45, 7) is 16.0. The van der Waals surface area contributed by atoms with E-state index in [9.17, 15) is 0 Å². The summed E-state index contributed by atoms with van der Waals surface area (Å²) in [5, 5.41) is 3.63. The number of hydrogen-bond donors (Lipinski definition) is 1. The molecule has 0 aromatic carbocycles. The normalized spacial score (nSPS) is 13.9. The van der Waals surface area contributed by atoms with Crippen LogP contribution >= 0.6 is 0 Å². The van der Waals surface area contributed by atoms with Crippen molar-refractivity contribution in [3.8, 4) is 0 Å². The van der Waals surface area contributed by atoms with Crippen LogP contribution in [0.15, 0.2) is 0 Å². The third-order valence-corrected chi connectivity index (χ3v) is 2.81. The average Bonchev–Trinajstić information content (AvgIpc) is 2.18. The lowest BCUT2D eigenvalue weighted by Gasteiger charge is -2.28. The fraction of sp³-hybridized carbons (Fsp3) is 1.00. The highest BCUT2D eigenvalue weighted by Crippen LogP contribution is 2.04. The van der Waals surface area contributed by atoms with E-state index < -0.39 is 0 Å². The maximum atomic E-state index is 3.63. The molecule has 0 saturated carbocycles. The van der Waals surface area contributed by atoms with E-state index in [-0.39, 0.29) is 0 Å². The Morgan fingerprint density at radius 3 is 2.00 bits per heavy atom. The van der Waals surface area contributed by atoms with Gasteiger partial charge in [0.15, 0.2) is 0 Å². The van der Waals surface area contributed by atoms with E-state index in [0.717, 1.165) is 25.6 Å². The molecule has 0 saturated heterocycles. The molecular weight excluding hydrogens is 172 g/mol. The van der Waals surface area contributed by atoms with Crippen molar-refractivity contribution in [3.63, 3.8) is 0 Å². The molecule has 2 heteroatoms. The molecule has 0 aliphatic carbocycles. The SMILES string of the molecule is CCCNC(CN(CC)CC)C(C)C. The van der Waals surface area contributed by atoms with Crippen LogP contribution in [0.5, 0.6) is 0 Å². The molecule has 0 radical (unpaired) electrons. The maximum absolute atomic E-state index is 3.63. The summed E-state index contributed by atoms with van der Waals surface area (Å²) in [4.78, 5) is 2.49. The highest BCUT2D eigenvalue weighted by molar-refractivity contribution is 4.74. The summed E-state index contributed by atoms with van der Waals surface area (Å²) < 4.78 is 0. The van der Waals surface area contributed by atoms with Crippen molar-refractivity contribution >= 4 is 0 Å². The topological polar surface area (TPSA) is 15.3 Å². The Labute approximate surface area is 90.1 Å². The minimum absolute atomic E-state index is 0.648. The molecule has 1 atom stereocenters. The molecule has 0 bridgehead atoms. The smallest absolute Gasteiger partial charge is 0.0217 e. The summed E-state index contributed by atoms with van der Waals surface area (Å²) in [5.41, 5.74) is 0. The number of rotatable bonds is 8. The van der Waals surface area contributed by atoms with Crippen molar-refractivity contribution in [1.29, 1.82) is 0 Å². The van der Waals surface area contributed by atoms with E-state index >= 15 is 0 Å². The van der Waals surface area contributed by atoms with E-state index in [2.05, 4.69) is 44.8 Å². The quantitative estimate of drug-likeness (QED) is 0.647. The molecule has 1 N–H and O–H groups in total. The lowest BCUT2D eigenvalue weighted by molar-refractivity contribution is 0.235. The molecule has 0 heterocycles. The van der Waals surface area contributed by atoms with Gasteiger partial charge in [0.2, 0.25) is 0 Å². The second kappa shape index (κ2) is 8.25. The number of nitrogens with zero attached hydrogens (tertiary/aromatic N) is 1. The van der Waals surface area contributed by atoms with Gasteiger partial charge in [0.1, 0.15) is 0 Å². The Hall–Kier alpha value is -0.0800. The van der Waals surface area contributed by atoms with Gasteiger partial charge in [-0.2, -0.15) is 0 Å². The summed E-state index contributed by atoms with van der Waals surface area (Å²) >= 11 is 0. The molecule has 2 nitrogen and oxygen atoms in total. The number of likely N-dealkylation sites (N-methyl/N-ethyl adjacent to an activating group) is 1. The molecule has 1 unspecified atom stereocenters. The lowest BCUT2D eigenvalue weighted by Crippen LogP contribution is -2.44. The van der Waals surface area contributed by atoms with E-state index in [1.54, 1.807) is 0 Å². The molecular formula is C12H28N2. The summed E-state index contributed by atoms with van der Waals surface area (Å²) in [7, 11) is 0. The highest BCUT2D eigenvalue weighted by Gasteiger charge is 2.14. The van der Waals surface area contributed by atoms with Gasteiger partial charge in [-0.3, -0.25) is 0 Å². The Balaban J connectivity index is 3.93. The van der Waals surface area contributed by atoms with E-state index in [4.69, 9.17) is 0 Å². The van der Waals surface area contributed by atoms with Crippen molar-refractivity contribution in [1.82, 2.24) is 10.2 Å². The first-order valence-electron chi connectivity index (χ1n) is 6.11. The largest absolute Gasteiger partial charge is 0.312 e. The molecule has 0 spiro atoms. The van der Waals surface area contributed by atoms with Crippen molar-refractivity contribution in [3.05, 3.63) is 0 Å². The summed E-state index contributed by atoms with van der Waals surface area (Å²) in [6.07, 6.45) is 1.22. The Morgan fingerprint density at radius 1 is 1.07 bits per heavy atom. The second-order valence-corrected chi connectivity index (χ2v) is 4.29. The monoisotopic (exact) mass is 200 g/mol. The van der Waals surface area contributed by atoms with Gasteiger partial charge in [0, 0.05) is 12.6 Å². The fourth-order valence-corrected chi connectivity index (χ4v) is 1.60. The zero-order valence-electron chi connectivity index (χ0n) is 10.6. The maximum Gasteiger partial charge on any atom is 0.0217 e. The summed E-state index contributed by atoms with van der Waals surface area (Å²) in [5.74, 6) is 0.724. The Bertz CT molecular complexity index is 119. The minimum atomic E-state index is 0.648. The van der Waals surface area contributed by atoms with Crippen LogP contribution in [0.1, 0.15) is 41.0 Å². The third kappa shape index (κ3) is 5.61. The fourth-order valence-electron chi connectivity index (χ4n) is 1.60. The van der Waals surface area contributed by atoms with Crippen LogP contribution in [-0.4, -0.2) is 37.1 Å². The molecule has 14 heavy (non-hydrogen) atoms. The van der Waals surface area contributed by atoms with Crippen LogP contribution in [-0.2, 0) is 0 Å². The van der Waals surface area contributed by atoms with E-state index in [1.165, 1.54) is 13.0 Å². The van der Waals surface area contributed by atoms with Gasteiger partial charge in [0.05, 0.1) is 0 Å². The van der Waals surface area contributed by atoms with E-state index in [0.29, 0.717) is 6.04 Å². The standard InChI is InChI=1S/C12H28N2/c1-6-9-13-12(11(4)5)10-14(7-2)8-3/h11-13H,6-10H2,1-5H3. The predicted octanol–water partition coefficient (Wildman–Crippen LogP) is 2.35. The molecule has 0 aromatic heterocycles. The van der Waals surface area contributed by atoms with Crippen molar-refractivity contribution in [2.24, 2.45) is 5.92 Å². The third-order valence-electron chi connectivity index (χ3n) is 2.81. The summed E-state index contributed by atoms with van der Waals surface area (Å²) in [6, 6.07) is 0.648. The second-order valence-electron chi connectivity index (χ2n) is 4.29. The van der Waals surface area contributed by atoms with Crippen LogP contribution in [0.25, 0.3) is 0 Å². The first-order valence-corrected chi connectivity index (χ1v) is 6.11. The molecule has 0 aromatic rings. The molecule has 0 aliphatic rings. The Kier molecular flexibility index (Phi) is 8.20. The Morgan fingerprint density at radius 2 is 1.64 bits per heavy atom. The van der Waals surface area contributed by atoms with Crippen LogP contribution in [0.3, 0.4) is 0 Å². The van der Waals surface area contributed by atoms with Crippen molar-refractivity contribution < 1.29 is 0 Å². The van der Waals surface area contributed by atoms with Crippen LogP contribution in [0.2, 0.25) is 0 Å². The minimum Gasteiger partial charge on any atom is -0.312 e. The van der Waals surface area contributed by atoms with Gasteiger partial charge in [-0.05, 0) is 32.0 Å². The van der Waals surface area contributed by atoms with Gasteiger partial charge >= 0.3 is 0 Å². The first kappa shape index (κ1) is 13.9. The van der Waals surface area contributed by atoms with Crippen LogP contribution in [0.4, 0.5) is 0 Å². The predicted molar refractivity (Wildman–Crippen MR) is 64.7 cm³/mol. The molecule has 86 valence electrons. The zero-order chi connectivity index (χ0) is 11.0. The molecule has 0 amide bonds. The number of hydrogen-bond acceptors (Lipinski definition) is 2. The van der Waals surface area contributed by atoms with Crippen molar-refractivity contribution in [2.75, 3.05) is 26.2 Å². The average molecular weight is 200 g/mol.